The Kier molecular flexibility index (Phi) is 3.76. The molecular weight excluding hydrogens is 276 g/mol. The summed E-state index contributed by atoms with van der Waals surface area (Å²) in [6, 6.07) is 0. The monoisotopic (exact) mass is 294 g/mol. The van der Waals surface area contributed by atoms with E-state index in [0.717, 1.165) is 36.8 Å². The lowest BCUT2D eigenvalue weighted by molar-refractivity contribution is 0.285. The normalized spacial score (nSPS) is 17.3. The van der Waals surface area contributed by atoms with E-state index in [2.05, 4.69) is 44.1 Å². The van der Waals surface area contributed by atoms with Crippen LogP contribution in [0.1, 0.15) is 12.8 Å². The number of nitrogens with zero attached hydrogens (tertiary/aromatic N) is 5. The van der Waals surface area contributed by atoms with Crippen LogP contribution < -0.4 is 4.90 Å². The van der Waals surface area contributed by atoms with Gasteiger partial charge in [-0.05, 0) is 44.5 Å². The molecule has 0 radical (unpaired) electrons. The van der Waals surface area contributed by atoms with Gasteiger partial charge in [0, 0.05) is 19.6 Å². The smallest absolute Gasteiger partial charge is 0.226 e. The Balaban J connectivity index is 1.78. The molecule has 108 valence electrons. The van der Waals surface area contributed by atoms with E-state index in [1.54, 1.807) is 6.20 Å². The van der Waals surface area contributed by atoms with Gasteiger partial charge in [-0.15, -0.1) is 0 Å². The average molecular weight is 295 g/mol. The predicted molar refractivity (Wildman–Crippen MR) is 80.2 cm³/mol. The first-order valence-electron chi connectivity index (χ1n) is 6.90. The highest BCUT2D eigenvalue weighted by Gasteiger charge is 2.23. The Hall–Kier alpha value is -1.40. The lowest BCUT2D eigenvalue weighted by Crippen LogP contribution is -2.37. The van der Waals surface area contributed by atoms with E-state index in [9.17, 15) is 0 Å². The van der Waals surface area contributed by atoms with Gasteiger partial charge >= 0.3 is 0 Å². The number of anilines is 1. The van der Waals surface area contributed by atoms with Crippen molar-refractivity contribution in [3.63, 3.8) is 0 Å². The van der Waals surface area contributed by atoms with Gasteiger partial charge in [0.2, 0.25) is 5.28 Å². The lowest BCUT2D eigenvalue weighted by atomic mass is 9.96. The van der Waals surface area contributed by atoms with E-state index in [-0.39, 0.29) is 5.28 Å². The van der Waals surface area contributed by atoms with E-state index in [4.69, 9.17) is 11.6 Å². The first kappa shape index (κ1) is 13.6. The minimum atomic E-state index is 0.271. The third-order valence-corrected chi connectivity index (χ3v) is 3.97. The van der Waals surface area contributed by atoms with Crippen molar-refractivity contribution in [3.8, 4) is 0 Å². The van der Waals surface area contributed by atoms with Gasteiger partial charge < -0.3 is 9.80 Å². The van der Waals surface area contributed by atoms with Gasteiger partial charge in [0.1, 0.15) is 5.82 Å². The van der Waals surface area contributed by atoms with Crippen LogP contribution >= 0.6 is 11.6 Å². The number of aromatic nitrogens is 4. The average Bonchev–Trinajstić information content (AvgIpc) is 2.86. The van der Waals surface area contributed by atoms with Crippen LogP contribution in [0.5, 0.6) is 0 Å². The maximum atomic E-state index is 5.99. The highest BCUT2D eigenvalue weighted by Crippen LogP contribution is 2.28. The van der Waals surface area contributed by atoms with Gasteiger partial charge in [0.25, 0.3) is 0 Å². The summed E-state index contributed by atoms with van der Waals surface area (Å²) in [6.07, 6.45) is 4.13. The van der Waals surface area contributed by atoms with E-state index in [1.807, 2.05) is 0 Å². The molecule has 20 heavy (non-hydrogen) atoms. The molecule has 0 saturated carbocycles. The maximum Gasteiger partial charge on any atom is 0.226 e. The summed E-state index contributed by atoms with van der Waals surface area (Å²) in [6.45, 7) is 3.16. The standard InChI is InChI=1S/C13H19ClN6/c1-19(2)8-9-3-5-20(6-4-9)12-10-7-15-18-11(10)16-13(14)17-12/h7,9H,3-6,8H2,1-2H3,(H,15,16,17,18). The maximum absolute atomic E-state index is 5.99. The first-order valence-corrected chi connectivity index (χ1v) is 7.27. The SMILES string of the molecule is CN(C)CC1CCN(c2nc(Cl)nc3[nH]ncc23)CC1. The molecule has 3 heterocycles. The molecule has 0 aliphatic carbocycles. The molecule has 0 spiro atoms. The van der Waals surface area contributed by atoms with Gasteiger partial charge in [0.05, 0.1) is 11.6 Å². The Morgan fingerprint density at radius 3 is 2.80 bits per heavy atom. The van der Waals surface area contributed by atoms with Crippen LogP contribution in [0.4, 0.5) is 5.82 Å². The molecule has 0 amide bonds. The molecule has 1 saturated heterocycles. The van der Waals surface area contributed by atoms with Crippen LogP contribution in [0.25, 0.3) is 11.0 Å². The number of halogens is 1. The van der Waals surface area contributed by atoms with Gasteiger partial charge in [-0.2, -0.15) is 15.1 Å². The summed E-state index contributed by atoms with van der Waals surface area (Å²) in [4.78, 5) is 13.1. The van der Waals surface area contributed by atoms with Crippen LogP contribution in [-0.2, 0) is 0 Å². The number of nitrogens with one attached hydrogen (secondary N) is 1. The van der Waals surface area contributed by atoms with Crippen LogP contribution in [0, 0.1) is 5.92 Å². The van der Waals surface area contributed by atoms with Gasteiger partial charge in [-0.1, -0.05) is 0 Å². The molecule has 6 nitrogen and oxygen atoms in total. The van der Waals surface area contributed by atoms with Crippen molar-refractivity contribution in [1.82, 2.24) is 25.1 Å². The van der Waals surface area contributed by atoms with Crippen molar-refractivity contribution in [1.29, 1.82) is 0 Å². The predicted octanol–water partition coefficient (Wildman–Crippen LogP) is 1.78. The summed E-state index contributed by atoms with van der Waals surface area (Å²) in [5.41, 5.74) is 0.704. The summed E-state index contributed by atoms with van der Waals surface area (Å²) in [7, 11) is 4.26. The first-order chi connectivity index (χ1) is 9.63. The molecular formula is C13H19ClN6. The molecule has 2 aromatic rings. The zero-order valence-electron chi connectivity index (χ0n) is 11.8. The molecule has 2 aromatic heterocycles. The Labute approximate surface area is 123 Å². The highest BCUT2D eigenvalue weighted by atomic mass is 35.5. The third kappa shape index (κ3) is 2.71. The van der Waals surface area contributed by atoms with Crippen molar-refractivity contribution in [2.45, 2.75) is 12.8 Å². The molecule has 3 rings (SSSR count). The molecule has 0 unspecified atom stereocenters. The van der Waals surface area contributed by atoms with Gasteiger partial charge in [-0.3, -0.25) is 5.10 Å². The van der Waals surface area contributed by atoms with Crippen molar-refractivity contribution in [2.75, 3.05) is 38.6 Å². The van der Waals surface area contributed by atoms with Crippen LogP contribution in [0.3, 0.4) is 0 Å². The molecule has 1 aliphatic heterocycles. The topological polar surface area (TPSA) is 60.9 Å². The number of H-pyrrole nitrogens is 1. The molecule has 1 N–H and O–H groups in total. The van der Waals surface area contributed by atoms with Crippen molar-refractivity contribution < 1.29 is 0 Å². The third-order valence-electron chi connectivity index (χ3n) is 3.80. The minimum absolute atomic E-state index is 0.271. The van der Waals surface area contributed by atoms with Crippen LogP contribution in [0.2, 0.25) is 5.28 Å². The molecule has 1 fully saturated rings. The largest absolute Gasteiger partial charge is 0.356 e. The summed E-state index contributed by atoms with van der Waals surface area (Å²) in [5, 5.41) is 8.10. The van der Waals surface area contributed by atoms with E-state index in [0.29, 0.717) is 5.65 Å². The number of hydrogen-bond donors (Lipinski definition) is 1. The molecule has 1 aliphatic rings. The highest BCUT2D eigenvalue weighted by molar-refractivity contribution is 6.28. The van der Waals surface area contributed by atoms with Crippen molar-refractivity contribution >= 4 is 28.5 Å². The van der Waals surface area contributed by atoms with Gasteiger partial charge in [-0.25, -0.2) is 0 Å². The fourth-order valence-electron chi connectivity index (χ4n) is 2.88. The molecule has 0 aromatic carbocycles. The second kappa shape index (κ2) is 5.54. The van der Waals surface area contributed by atoms with Crippen LogP contribution in [-0.4, -0.2) is 58.8 Å². The number of rotatable bonds is 3. The number of aromatic amines is 1. The summed E-state index contributed by atoms with van der Waals surface area (Å²) >= 11 is 5.99. The van der Waals surface area contributed by atoms with E-state index in [1.165, 1.54) is 12.8 Å². The molecule has 0 bridgehead atoms. The van der Waals surface area contributed by atoms with E-state index >= 15 is 0 Å². The van der Waals surface area contributed by atoms with E-state index < -0.39 is 0 Å². The number of piperidine rings is 1. The summed E-state index contributed by atoms with van der Waals surface area (Å²) in [5.74, 6) is 1.66. The van der Waals surface area contributed by atoms with Crippen molar-refractivity contribution in [3.05, 3.63) is 11.5 Å². The zero-order valence-corrected chi connectivity index (χ0v) is 12.6. The number of fused-ring (bicyclic) bond motifs is 1. The fraction of sp³-hybridized carbons (Fsp3) is 0.615. The van der Waals surface area contributed by atoms with Crippen molar-refractivity contribution in [2.24, 2.45) is 5.92 Å². The van der Waals surface area contributed by atoms with Gasteiger partial charge in [0.15, 0.2) is 5.65 Å². The summed E-state index contributed by atoms with van der Waals surface area (Å²) < 4.78 is 0. The van der Waals surface area contributed by atoms with Crippen LogP contribution in [0.15, 0.2) is 6.20 Å². The fourth-order valence-corrected chi connectivity index (χ4v) is 3.04. The quantitative estimate of drug-likeness (QED) is 0.875. The zero-order chi connectivity index (χ0) is 14.1. The number of hydrogen-bond acceptors (Lipinski definition) is 5. The molecule has 0 atom stereocenters. The second-order valence-corrected chi connectivity index (χ2v) is 5.98. The second-order valence-electron chi connectivity index (χ2n) is 5.64. The lowest BCUT2D eigenvalue weighted by Gasteiger charge is -2.34. The Bertz CT molecular complexity index is 588. The Morgan fingerprint density at radius 1 is 1.35 bits per heavy atom. The minimum Gasteiger partial charge on any atom is -0.356 e. The molecule has 7 heteroatoms. The Morgan fingerprint density at radius 2 is 2.10 bits per heavy atom.